The molecule has 0 aliphatic heterocycles. The second-order valence-corrected chi connectivity index (χ2v) is 8.59. The Labute approximate surface area is 169 Å². The molecule has 0 fully saturated rings. The van der Waals surface area contributed by atoms with Crippen LogP contribution in [0.4, 0.5) is 0 Å². The first-order valence-electron chi connectivity index (χ1n) is 8.42. The smallest absolute Gasteiger partial charge is 0.280 e. The number of pyridine rings is 1. The van der Waals surface area contributed by atoms with E-state index < -0.39 is 27.9 Å². The first-order chi connectivity index (χ1) is 13.2. The molecule has 1 N–H and O–H groups in total. The van der Waals surface area contributed by atoms with Crippen molar-refractivity contribution in [1.29, 1.82) is 0 Å². The Hall–Kier alpha value is -2.20. The van der Waals surface area contributed by atoms with Crippen LogP contribution in [0.1, 0.15) is 19.4 Å². The van der Waals surface area contributed by atoms with E-state index in [1.807, 2.05) is 0 Å². The summed E-state index contributed by atoms with van der Waals surface area (Å²) in [5.74, 6) is -0.917. The number of carbonyl (C=O) groups is 1. The summed E-state index contributed by atoms with van der Waals surface area (Å²) in [4.78, 5) is 16.5. The van der Waals surface area contributed by atoms with Gasteiger partial charge in [-0.2, -0.15) is 4.31 Å². The molecule has 0 unspecified atom stereocenters. The molecule has 0 saturated carbocycles. The molecular weight excluding hydrogens is 406 g/mol. The molecule has 8 nitrogen and oxygen atoms in total. The number of nitrogens with zero attached hydrogens (tertiary/aromatic N) is 3. The molecule has 1 aromatic carbocycles. The third-order valence-electron chi connectivity index (χ3n) is 4.10. The lowest BCUT2D eigenvalue weighted by atomic mass is 10.0. The number of benzene rings is 1. The SMILES string of the molecule is COc1ccc(S(=O)(=O)N(Cc2cccnc2)[C@@H](C(=O)N(O)Cl)C(C)C)cc1. The van der Waals surface area contributed by atoms with E-state index >= 15 is 0 Å². The summed E-state index contributed by atoms with van der Waals surface area (Å²) in [5.41, 5.74) is 0.581. The fraction of sp³-hybridized carbons (Fsp3) is 0.333. The molecule has 0 aliphatic rings. The van der Waals surface area contributed by atoms with Crippen molar-refractivity contribution in [3.05, 3.63) is 54.4 Å². The first kappa shape index (κ1) is 22.1. The summed E-state index contributed by atoms with van der Waals surface area (Å²) in [6.45, 7) is 3.22. The Morgan fingerprint density at radius 3 is 2.36 bits per heavy atom. The number of amides is 1. The van der Waals surface area contributed by atoms with Gasteiger partial charge in [0.05, 0.1) is 12.0 Å². The number of hydroxylamine groups is 1. The summed E-state index contributed by atoms with van der Waals surface area (Å²) in [5, 5.41) is 9.46. The molecule has 0 bridgehead atoms. The van der Waals surface area contributed by atoms with Crippen molar-refractivity contribution in [1.82, 2.24) is 13.9 Å². The van der Waals surface area contributed by atoms with Crippen molar-refractivity contribution < 1.29 is 23.2 Å². The van der Waals surface area contributed by atoms with Crippen LogP contribution in [0.5, 0.6) is 5.75 Å². The molecule has 10 heteroatoms. The fourth-order valence-electron chi connectivity index (χ4n) is 2.74. The average Bonchev–Trinajstić information content (AvgIpc) is 2.67. The highest BCUT2D eigenvalue weighted by Gasteiger charge is 2.39. The Morgan fingerprint density at radius 2 is 1.89 bits per heavy atom. The third-order valence-corrected chi connectivity index (χ3v) is 6.11. The lowest BCUT2D eigenvalue weighted by molar-refractivity contribution is -0.152. The number of sulfonamides is 1. The molecule has 0 saturated heterocycles. The molecule has 2 aromatic rings. The van der Waals surface area contributed by atoms with Gasteiger partial charge in [0.25, 0.3) is 5.91 Å². The second-order valence-electron chi connectivity index (χ2n) is 6.37. The number of rotatable bonds is 8. The molecular formula is C18H22ClN3O5S. The summed E-state index contributed by atoms with van der Waals surface area (Å²) < 4.78 is 32.7. The second kappa shape index (κ2) is 9.33. The van der Waals surface area contributed by atoms with Crippen LogP contribution in [0.15, 0.2) is 53.7 Å². The number of hydrogen-bond donors (Lipinski definition) is 1. The van der Waals surface area contributed by atoms with Crippen LogP contribution < -0.4 is 4.74 Å². The zero-order chi connectivity index (χ0) is 20.9. The van der Waals surface area contributed by atoms with E-state index in [-0.39, 0.29) is 16.0 Å². The maximum Gasteiger partial charge on any atom is 0.280 e. The zero-order valence-corrected chi connectivity index (χ0v) is 17.3. The Kier molecular flexibility index (Phi) is 7.36. The summed E-state index contributed by atoms with van der Waals surface area (Å²) in [6.07, 6.45) is 3.07. The van der Waals surface area contributed by atoms with Gasteiger partial charge in [-0.1, -0.05) is 19.9 Å². The van der Waals surface area contributed by atoms with Crippen molar-refractivity contribution in [3.63, 3.8) is 0 Å². The topological polar surface area (TPSA) is 100 Å². The lowest BCUT2D eigenvalue weighted by Gasteiger charge is -2.32. The molecule has 28 heavy (non-hydrogen) atoms. The van der Waals surface area contributed by atoms with Gasteiger partial charge in [-0.3, -0.25) is 15.0 Å². The fourth-order valence-corrected chi connectivity index (χ4v) is 4.54. The highest BCUT2D eigenvalue weighted by atomic mass is 35.5. The van der Waals surface area contributed by atoms with E-state index in [0.29, 0.717) is 11.3 Å². The molecule has 152 valence electrons. The minimum absolute atomic E-state index is 0.0188. The molecule has 1 aromatic heterocycles. The number of aromatic nitrogens is 1. The van der Waals surface area contributed by atoms with E-state index in [2.05, 4.69) is 4.98 Å². The van der Waals surface area contributed by atoms with Gasteiger partial charge in [0, 0.05) is 30.7 Å². The van der Waals surface area contributed by atoms with Gasteiger partial charge >= 0.3 is 0 Å². The van der Waals surface area contributed by atoms with Crippen molar-refractivity contribution >= 4 is 27.7 Å². The highest BCUT2D eigenvalue weighted by Crippen LogP contribution is 2.27. The molecule has 1 atom stereocenters. The lowest BCUT2D eigenvalue weighted by Crippen LogP contribution is -2.50. The molecule has 1 heterocycles. The van der Waals surface area contributed by atoms with Gasteiger partial charge in [0.15, 0.2) is 0 Å². The average molecular weight is 428 g/mol. The first-order valence-corrected chi connectivity index (χ1v) is 10.2. The molecule has 1 amide bonds. The number of carbonyl (C=O) groups excluding carboxylic acids is 1. The van der Waals surface area contributed by atoms with Crippen LogP contribution in [0.3, 0.4) is 0 Å². The van der Waals surface area contributed by atoms with Crippen LogP contribution in [0.2, 0.25) is 0 Å². The van der Waals surface area contributed by atoms with E-state index in [9.17, 15) is 18.4 Å². The Balaban J connectivity index is 2.56. The quantitative estimate of drug-likeness (QED) is 0.395. The van der Waals surface area contributed by atoms with Gasteiger partial charge in [0.1, 0.15) is 11.8 Å². The normalized spacial score (nSPS) is 12.8. The van der Waals surface area contributed by atoms with Gasteiger partial charge in [0.2, 0.25) is 10.0 Å². The van der Waals surface area contributed by atoms with Crippen molar-refractivity contribution in [2.45, 2.75) is 31.3 Å². The van der Waals surface area contributed by atoms with E-state index in [1.54, 1.807) is 32.2 Å². The minimum Gasteiger partial charge on any atom is -0.497 e. The van der Waals surface area contributed by atoms with Crippen LogP contribution in [0.25, 0.3) is 0 Å². The van der Waals surface area contributed by atoms with Gasteiger partial charge < -0.3 is 4.74 Å². The zero-order valence-electron chi connectivity index (χ0n) is 15.7. The van der Waals surface area contributed by atoms with E-state index in [0.717, 1.165) is 4.31 Å². The predicted octanol–water partition coefficient (Wildman–Crippen LogP) is 2.68. The monoisotopic (exact) mass is 427 g/mol. The number of halogens is 1. The van der Waals surface area contributed by atoms with Gasteiger partial charge in [-0.05, 0) is 41.8 Å². The van der Waals surface area contributed by atoms with Crippen molar-refractivity contribution in [2.24, 2.45) is 5.92 Å². The maximum absolute atomic E-state index is 13.4. The number of hydrogen-bond acceptors (Lipinski definition) is 6. The Bertz CT molecular complexity index is 889. The summed E-state index contributed by atoms with van der Waals surface area (Å²) in [7, 11) is -2.64. The molecule has 0 spiro atoms. The van der Waals surface area contributed by atoms with Crippen molar-refractivity contribution in [3.8, 4) is 5.75 Å². The van der Waals surface area contributed by atoms with Crippen LogP contribution >= 0.6 is 11.8 Å². The summed E-state index contributed by atoms with van der Waals surface area (Å²) in [6, 6.07) is 7.95. The highest BCUT2D eigenvalue weighted by molar-refractivity contribution is 7.89. The van der Waals surface area contributed by atoms with E-state index in [4.69, 9.17) is 16.5 Å². The van der Waals surface area contributed by atoms with Crippen LogP contribution in [-0.2, 0) is 21.4 Å². The van der Waals surface area contributed by atoms with Crippen molar-refractivity contribution in [2.75, 3.05) is 7.11 Å². The van der Waals surface area contributed by atoms with Gasteiger partial charge in [-0.25, -0.2) is 8.42 Å². The molecule has 0 radical (unpaired) electrons. The van der Waals surface area contributed by atoms with Crippen LogP contribution in [0, 0.1) is 5.92 Å². The molecule has 2 rings (SSSR count). The van der Waals surface area contributed by atoms with E-state index in [1.165, 1.54) is 37.6 Å². The molecule has 0 aliphatic carbocycles. The Morgan fingerprint density at radius 1 is 1.25 bits per heavy atom. The number of ether oxygens (including phenoxy) is 1. The largest absolute Gasteiger partial charge is 0.497 e. The summed E-state index contributed by atoms with van der Waals surface area (Å²) >= 11 is 5.44. The maximum atomic E-state index is 13.4. The predicted molar refractivity (Wildman–Crippen MR) is 103 cm³/mol. The van der Waals surface area contributed by atoms with Gasteiger partial charge in [-0.15, -0.1) is 4.58 Å². The van der Waals surface area contributed by atoms with Crippen LogP contribution in [-0.4, -0.2) is 46.6 Å². The minimum atomic E-state index is -4.11. The third kappa shape index (κ3) is 4.99. The standard InChI is InChI=1S/C18H22ClN3O5S/c1-13(2)17(18(23)22(19)24)21(12-14-5-4-10-20-11-14)28(25,26)16-8-6-15(27-3)7-9-16/h4-11,13,17,24H,12H2,1-3H3/t17-/m1/s1. The number of methoxy groups -OCH3 is 1.